The SMILES string of the molecule is CC(C)NC(=O)NC(=O)C(C)OC(=O)Cn1c(=O)oc2cc([N+](=O)[O-])ccc21. The summed E-state index contributed by atoms with van der Waals surface area (Å²) < 4.78 is 10.7. The molecule has 1 heterocycles. The zero-order valence-corrected chi connectivity index (χ0v) is 15.3. The molecule has 12 heteroatoms. The quantitative estimate of drug-likeness (QED) is 0.410. The molecule has 0 spiro atoms. The maximum Gasteiger partial charge on any atom is 0.420 e. The van der Waals surface area contributed by atoms with E-state index in [1.807, 2.05) is 5.32 Å². The number of nitrogens with zero attached hydrogens (tertiary/aromatic N) is 2. The molecule has 28 heavy (non-hydrogen) atoms. The molecule has 2 N–H and O–H groups in total. The molecule has 0 aliphatic carbocycles. The molecule has 12 nitrogen and oxygen atoms in total. The Morgan fingerprint density at radius 3 is 2.57 bits per heavy atom. The Kier molecular flexibility index (Phi) is 6.13. The van der Waals surface area contributed by atoms with E-state index in [-0.39, 0.29) is 22.8 Å². The van der Waals surface area contributed by atoms with Crippen LogP contribution in [0.5, 0.6) is 0 Å². The fraction of sp³-hybridized carbons (Fsp3) is 0.375. The molecule has 3 amide bonds. The Morgan fingerprint density at radius 2 is 1.96 bits per heavy atom. The lowest BCUT2D eigenvalue weighted by atomic mass is 10.3. The molecule has 0 aliphatic rings. The highest BCUT2D eigenvalue weighted by Gasteiger charge is 2.22. The number of hydrogen-bond donors (Lipinski definition) is 2. The standard InChI is InChI=1S/C16H18N4O8/c1-8(2)17-15(23)18-14(22)9(3)27-13(21)7-19-11-5-4-10(20(25)26)6-12(11)28-16(19)24/h4-6,8-9H,7H2,1-3H3,(H2,17,18,22,23). The second kappa shape index (κ2) is 8.33. The molecule has 0 fully saturated rings. The molecule has 1 aromatic carbocycles. The summed E-state index contributed by atoms with van der Waals surface area (Å²) in [5.74, 6) is -2.69. The van der Waals surface area contributed by atoms with E-state index >= 15 is 0 Å². The molecule has 0 saturated carbocycles. The van der Waals surface area contributed by atoms with E-state index in [9.17, 15) is 29.3 Å². The number of urea groups is 1. The minimum atomic E-state index is -1.29. The number of aromatic nitrogens is 1. The van der Waals surface area contributed by atoms with Crippen molar-refractivity contribution in [1.29, 1.82) is 0 Å². The predicted octanol–water partition coefficient (Wildman–Crippen LogP) is 0.669. The fourth-order valence-corrected chi connectivity index (χ4v) is 2.25. The number of non-ortho nitro benzene ring substituents is 1. The summed E-state index contributed by atoms with van der Waals surface area (Å²) in [5.41, 5.74) is -0.190. The predicted molar refractivity (Wildman–Crippen MR) is 94.5 cm³/mol. The summed E-state index contributed by atoms with van der Waals surface area (Å²) in [6, 6.07) is 2.55. The van der Waals surface area contributed by atoms with Gasteiger partial charge in [-0.2, -0.15) is 0 Å². The fourth-order valence-electron chi connectivity index (χ4n) is 2.25. The van der Waals surface area contributed by atoms with Crippen molar-refractivity contribution in [2.45, 2.75) is 39.5 Å². The summed E-state index contributed by atoms with van der Waals surface area (Å²) in [5, 5.41) is 15.2. The van der Waals surface area contributed by atoms with E-state index in [2.05, 4.69) is 5.32 Å². The second-order valence-electron chi connectivity index (χ2n) is 6.11. The van der Waals surface area contributed by atoms with Gasteiger partial charge in [-0.15, -0.1) is 0 Å². The largest absolute Gasteiger partial charge is 0.451 e. The normalized spacial score (nSPS) is 11.9. The van der Waals surface area contributed by atoms with Crippen LogP contribution < -0.4 is 16.4 Å². The highest BCUT2D eigenvalue weighted by Crippen LogP contribution is 2.20. The number of carbonyl (C=O) groups excluding carboxylic acids is 3. The average Bonchev–Trinajstić information content (AvgIpc) is 2.88. The van der Waals surface area contributed by atoms with Gasteiger partial charge in [-0.3, -0.25) is 29.6 Å². The Balaban J connectivity index is 2.05. The number of benzene rings is 1. The number of nitrogens with one attached hydrogen (secondary N) is 2. The molecule has 0 radical (unpaired) electrons. The highest BCUT2D eigenvalue weighted by atomic mass is 16.6. The Labute approximate surface area is 157 Å². The van der Waals surface area contributed by atoms with Gasteiger partial charge in [0, 0.05) is 12.1 Å². The Bertz CT molecular complexity index is 990. The number of hydrogen-bond acceptors (Lipinski definition) is 8. The first-order chi connectivity index (χ1) is 13.1. The molecule has 0 aliphatic heterocycles. The number of amides is 3. The number of fused-ring (bicyclic) bond motifs is 1. The van der Waals surface area contributed by atoms with Gasteiger partial charge >= 0.3 is 17.8 Å². The maximum atomic E-state index is 12.0. The third-order valence-corrected chi connectivity index (χ3v) is 3.48. The third kappa shape index (κ3) is 4.93. The zero-order chi connectivity index (χ0) is 21.0. The Morgan fingerprint density at radius 1 is 1.29 bits per heavy atom. The van der Waals surface area contributed by atoms with Crippen LogP contribution in [0.1, 0.15) is 20.8 Å². The summed E-state index contributed by atoms with van der Waals surface area (Å²) in [6.07, 6.45) is -1.29. The van der Waals surface area contributed by atoms with Crippen molar-refractivity contribution >= 4 is 34.7 Å². The van der Waals surface area contributed by atoms with E-state index < -0.39 is 41.2 Å². The first kappa shape index (κ1) is 20.6. The van der Waals surface area contributed by atoms with Gasteiger partial charge in [0.25, 0.3) is 11.6 Å². The topological polar surface area (TPSA) is 163 Å². The summed E-state index contributed by atoms with van der Waals surface area (Å²) in [6.45, 7) is 4.08. The van der Waals surface area contributed by atoms with Crippen molar-refractivity contribution in [1.82, 2.24) is 15.2 Å². The van der Waals surface area contributed by atoms with E-state index in [4.69, 9.17) is 9.15 Å². The van der Waals surface area contributed by atoms with Gasteiger partial charge in [0.05, 0.1) is 16.5 Å². The first-order valence-electron chi connectivity index (χ1n) is 8.17. The van der Waals surface area contributed by atoms with Crippen LogP contribution in [-0.2, 0) is 20.9 Å². The highest BCUT2D eigenvalue weighted by molar-refractivity contribution is 5.97. The van der Waals surface area contributed by atoms with E-state index in [0.717, 1.165) is 16.7 Å². The van der Waals surface area contributed by atoms with Crippen molar-refractivity contribution in [3.63, 3.8) is 0 Å². The lowest BCUT2D eigenvalue weighted by molar-refractivity contribution is -0.384. The van der Waals surface area contributed by atoms with Gasteiger partial charge in [-0.25, -0.2) is 9.59 Å². The van der Waals surface area contributed by atoms with E-state index in [0.29, 0.717) is 0 Å². The number of imide groups is 1. The lowest BCUT2D eigenvalue weighted by Crippen LogP contribution is -2.46. The monoisotopic (exact) mass is 394 g/mol. The van der Waals surface area contributed by atoms with Crippen molar-refractivity contribution in [3.05, 3.63) is 38.9 Å². The lowest BCUT2D eigenvalue weighted by Gasteiger charge is -2.14. The van der Waals surface area contributed by atoms with E-state index in [1.54, 1.807) is 13.8 Å². The molecule has 150 valence electrons. The van der Waals surface area contributed by atoms with Crippen LogP contribution in [0.25, 0.3) is 11.1 Å². The van der Waals surface area contributed by atoms with Gasteiger partial charge in [-0.1, -0.05) is 0 Å². The van der Waals surface area contributed by atoms with Crippen molar-refractivity contribution in [2.24, 2.45) is 0 Å². The molecular weight excluding hydrogens is 376 g/mol. The molecule has 1 atom stereocenters. The molecular formula is C16H18N4O8. The van der Waals surface area contributed by atoms with Gasteiger partial charge in [0.1, 0.15) is 6.54 Å². The summed E-state index contributed by atoms with van der Waals surface area (Å²) in [7, 11) is 0. The number of carbonyl (C=O) groups is 3. The molecule has 0 bridgehead atoms. The number of oxazole rings is 1. The van der Waals surface area contributed by atoms with Crippen LogP contribution in [0.2, 0.25) is 0 Å². The van der Waals surface area contributed by atoms with Crippen molar-refractivity contribution in [3.8, 4) is 0 Å². The van der Waals surface area contributed by atoms with Crippen molar-refractivity contribution in [2.75, 3.05) is 0 Å². The van der Waals surface area contributed by atoms with E-state index in [1.165, 1.54) is 13.0 Å². The number of rotatable bonds is 6. The van der Waals surface area contributed by atoms with Crippen LogP contribution in [0.4, 0.5) is 10.5 Å². The third-order valence-electron chi connectivity index (χ3n) is 3.48. The number of ether oxygens (including phenoxy) is 1. The van der Waals surface area contributed by atoms with Gasteiger partial charge < -0.3 is 14.5 Å². The minimum absolute atomic E-state index is 0.0665. The molecule has 2 aromatic rings. The van der Waals surface area contributed by atoms with Crippen LogP contribution in [0, 0.1) is 10.1 Å². The first-order valence-corrected chi connectivity index (χ1v) is 8.17. The van der Waals surface area contributed by atoms with Gasteiger partial charge in [-0.05, 0) is 26.8 Å². The number of nitro groups is 1. The van der Waals surface area contributed by atoms with Crippen LogP contribution in [0.3, 0.4) is 0 Å². The summed E-state index contributed by atoms with van der Waals surface area (Å²) in [4.78, 5) is 57.4. The smallest absolute Gasteiger partial charge is 0.420 e. The number of esters is 1. The van der Waals surface area contributed by atoms with Crippen LogP contribution in [0.15, 0.2) is 27.4 Å². The summed E-state index contributed by atoms with van der Waals surface area (Å²) >= 11 is 0. The zero-order valence-electron chi connectivity index (χ0n) is 15.3. The van der Waals surface area contributed by atoms with Gasteiger partial charge in [0.2, 0.25) is 0 Å². The molecule has 1 aromatic heterocycles. The molecule has 1 unspecified atom stereocenters. The second-order valence-corrected chi connectivity index (χ2v) is 6.11. The minimum Gasteiger partial charge on any atom is -0.451 e. The van der Waals surface area contributed by atoms with Gasteiger partial charge in [0.15, 0.2) is 11.7 Å². The van der Waals surface area contributed by atoms with Crippen molar-refractivity contribution < 1.29 is 28.5 Å². The number of nitro benzene ring substituents is 1. The maximum absolute atomic E-state index is 12.0. The average molecular weight is 394 g/mol. The Hall–Kier alpha value is -3.70. The van der Waals surface area contributed by atoms with Crippen LogP contribution >= 0.6 is 0 Å². The molecule has 0 saturated heterocycles. The van der Waals surface area contributed by atoms with Crippen LogP contribution in [-0.4, -0.2) is 39.5 Å². The molecule has 2 rings (SSSR count).